The maximum Gasteiger partial charge on any atom is 0.425 e. The Morgan fingerprint density at radius 3 is 2.54 bits per heavy atom. The molecule has 1 aliphatic rings. The standard InChI is InChI=1S/C35H41N5O6/c1-42-25-26-11-5-6-14-31(26)46-35(41)40(30-16-15-28(43-2)24-32(30)44-3)33-17-18-36-34(38-33)37-27-12-9-13-29(23-27)45-22-10-21-39-19-7-4-8-20-39/h5-6,9,11-18,23-24H,4,7-8,10,19-22,25H2,1-3H3,(H,36,37,38). The number of hydrogen-bond acceptors (Lipinski definition) is 10. The van der Waals surface area contributed by atoms with Gasteiger partial charge in [0, 0.05) is 49.3 Å². The van der Waals surface area contributed by atoms with Gasteiger partial charge < -0.3 is 33.9 Å². The SMILES string of the molecule is COCc1ccccc1OC(=O)N(c1ccnc(Nc2cccc(OCCCN3CCCCC3)c2)n1)c1ccc(OC)cc1OC. The highest BCUT2D eigenvalue weighted by molar-refractivity contribution is 5.98. The Morgan fingerprint density at radius 2 is 1.74 bits per heavy atom. The maximum absolute atomic E-state index is 13.9. The topological polar surface area (TPSA) is 108 Å². The quantitative estimate of drug-likeness (QED) is 0.147. The Morgan fingerprint density at radius 1 is 0.891 bits per heavy atom. The molecule has 3 aromatic carbocycles. The molecule has 0 spiro atoms. The minimum absolute atomic E-state index is 0.264. The Hall–Kier alpha value is -4.87. The third-order valence-corrected chi connectivity index (χ3v) is 7.58. The van der Waals surface area contributed by atoms with E-state index in [0.717, 1.165) is 30.0 Å². The Bertz CT molecular complexity index is 1580. The van der Waals surface area contributed by atoms with Gasteiger partial charge in [0.05, 0.1) is 33.1 Å². The van der Waals surface area contributed by atoms with Crippen LogP contribution in [-0.2, 0) is 11.3 Å². The monoisotopic (exact) mass is 627 g/mol. The number of ether oxygens (including phenoxy) is 5. The normalized spacial score (nSPS) is 13.1. The van der Waals surface area contributed by atoms with Crippen LogP contribution in [0, 0.1) is 0 Å². The van der Waals surface area contributed by atoms with Crippen molar-refractivity contribution in [2.45, 2.75) is 32.3 Å². The summed E-state index contributed by atoms with van der Waals surface area (Å²) in [6, 6.07) is 21.6. The van der Waals surface area contributed by atoms with Crippen LogP contribution in [0.4, 0.5) is 27.9 Å². The number of anilines is 4. The van der Waals surface area contributed by atoms with Crippen LogP contribution in [0.5, 0.6) is 23.0 Å². The van der Waals surface area contributed by atoms with E-state index < -0.39 is 6.09 Å². The van der Waals surface area contributed by atoms with Crippen LogP contribution < -0.4 is 29.2 Å². The Balaban J connectivity index is 1.36. The van der Waals surface area contributed by atoms with Crippen molar-refractivity contribution < 1.29 is 28.5 Å². The fourth-order valence-corrected chi connectivity index (χ4v) is 5.29. The minimum Gasteiger partial charge on any atom is -0.497 e. The Labute approximate surface area is 270 Å². The number of benzene rings is 3. The number of nitrogens with one attached hydrogen (secondary N) is 1. The van der Waals surface area contributed by atoms with E-state index in [1.807, 2.05) is 36.4 Å². The van der Waals surface area contributed by atoms with Crippen molar-refractivity contribution in [1.82, 2.24) is 14.9 Å². The fraction of sp³-hybridized carbons (Fsp3) is 0.343. The summed E-state index contributed by atoms with van der Waals surface area (Å²) < 4.78 is 28.3. The highest BCUT2D eigenvalue weighted by atomic mass is 16.6. The molecular formula is C35H41N5O6. The molecule has 11 heteroatoms. The number of nitrogens with zero attached hydrogens (tertiary/aromatic N) is 4. The lowest BCUT2D eigenvalue weighted by atomic mass is 10.1. The van der Waals surface area contributed by atoms with E-state index >= 15 is 0 Å². The predicted octanol–water partition coefficient (Wildman–Crippen LogP) is 6.98. The first-order valence-corrected chi connectivity index (χ1v) is 15.4. The van der Waals surface area contributed by atoms with Crippen molar-refractivity contribution in [3.05, 3.63) is 84.6 Å². The summed E-state index contributed by atoms with van der Waals surface area (Å²) in [5, 5.41) is 3.24. The van der Waals surface area contributed by atoms with Gasteiger partial charge in [0.1, 0.15) is 28.8 Å². The van der Waals surface area contributed by atoms with Gasteiger partial charge in [-0.2, -0.15) is 4.98 Å². The van der Waals surface area contributed by atoms with E-state index in [4.69, 9.17) is 23.7 Å². The molecule has 1 aliphatic heterocycles. The number of carbonyl (C=O) groups is 1. The average molecular weight is 628 g/mol. The molecule has 1 amide bonds. The molecule has 11 nitrogen and oxygen atoms in total. The molecule has 1 N–H and O–H groups in total. The number of carbonyl (C=O) groups excluding carboxylic acids is 1. The van der Waals surface area contributed by atoms with Gasteiger partial charge in [-0.25, -0.2) is 14.7 Å². The van der Waals surface area contributed by atoms with Gasteiger partial charge in [-0.1, -0.05) is 30.7 Å². The third kappa shape index (κ3) is 8.64. The van der Waals surface area contributed by atoms with Gasteiger partial charge in [0.15, 0.2) is 0 Å². The van der Waals surface area contributed by atoms with Crippen molar-refractivity contribution in [3.8, 4) is 23.0 Å². The smallest absolute Gasteiger partial charge is 0.425 e. The summed E-state index contributed by atoms with van der Waals surface area (Å²) in [5.41, 5.74) is 1.87. The van der Waals surface area contributed by atoms with Crippen molar-refractivity contribution in [3.63, 3.8) is 0 Å². The third-order valence-electron chi connectivity index (χ3n) is 7.58. The van der Waals surface area contributed by atoms with Gasteiger partial charge in [-0.05, 0) is 62.7 Å². The number of methoxy groups -OCH3 is 3. The molecular weight excluding hydrogens is 586 g/mol. The summed E-state index contributed by atoms with van der Waals surface area (Å²) in [7, 11) is 4.66. The second-order valence-electron chi connectivity index (χ2n) is 10.8. The van der Waals surface area contributed by atoms with Crippen LogP contribution in [0.15, 0.2) is 79.0 Å². The second kappa shape index (κ2) is 16.4. The van der Waals surface area contributed by atoms with E-state index in [2.05, 4.69) is 20.2 Å². The van der Waals surface area contributed by atoms with Crippen LogP contribution in [0.2, 0.25) is 0 Å². The van der Waals surface area contributed by atoms with Crippen LogP contribution >= 0.6 is 0 Å². The van der Waals surface area contributed by atoms with E-state index in [9.17, 15) is 4.79 Å². The number of aromatic nitrogens is 2. The molecule has 1 aromatic heterocycles. The number of likely N-dealkylation sites (tertiary alicyclic amines) is 1. The molecule has 2 heterocycles. The van der Waals surface area contributed by atoms with E-state index in [0.29, 0.717) is 29.5 Å². The molecule has 0 saturated carbocycles. The van der Waals surface area contributed by atoms with Crippen LogP contribution in [-0.4, -0.2) is 68.5 Å². The molecule has 46 heavy (non-hydrogen) atoms. The summed E-state index contributed by atoms with van der Waals surface area (Å²) in [4.78, 5) is 26.8. The highest BCUT2D eigenvalue weighted by Gasteiger charge is 2.26. The molecule has 0 atom stereocenters. The van der Waals surface area contributed by atoms with E-state index in [1.54, 1.807) is 56.8 Å². The van der Waals surface area contributed by atoms with Crippen LogP contribution in [0.3, 0.4) is 0 Å². The Kier molecular flexibility index (Phi) is 11.6. The molecule has 0 bridgehead atoms. The maximum atomic E-state index is 13.9. The number of amides is 1. The van der Waals surface area contributed by atoms with Crippen LogP contribution in [0.25, 0.3) is 0 Å². The molecule has 1 saturated heterocycles. The lowest BCUT2D eigenvalue weighted by molar-refractivity contribution is 0.179. The van der Waals surface area contributed by atoms with E-state index in [-0.39, 0.29) is 18.4 Å². The lowest BCUT2D eigenvalue weighted by Crippen LogP contribution is -2.31. The number of piperidine rings is 1. The lowest BCUT2D eigenvalue weighted by Gasteiger charge is -2.26. The zero-order chi connectivity index (χ0) is 32.1. The molecule has 4 aromatic rings. The zero-order valence-corrected chi connectivity index (χ0v) is 26.6. The summed E-state index contributed by atoms with van der Waals surface area (Å²) >= 11 is 0. The van der Waals surface area contributed by atoms with Gasteiger partial charge in [0.25, 0.3) is 0 Å². The first-order valence-electron chi connectivity index (χ1n) is 15.4. The summed E-state index contributed by atoms with van der Waals surface area (Å²) in [6.07, 6.45) is 5.75. The van der Waals surface area contributed by atoms with Gasteiger partial charge >= 0.3 is 6.09 Å². The number of para-hydroxylation sites is 1. The van der Waals surface area contributed by atoms with Crippen LogP contribution in [0.1, 0.15) is 31.2 Å². The minimum atomic E-state index is -0.698. The molecule has 1 fully saturated rings. The molecule has 0 aliphatic carbocycles. The molecule has 242 valence electrons. The predicted molar refractivity (Wildman–Crippen MR) is 177 cm³/mol. The molecule has 0 unspecified atom stereocenters. The number of rotatable bonds is 14. The number of hydrogen-bond donors (Lipinski definition) is 1. The van der Waals surface area contributed by atoms with Gasteiger partial charge in [-0.3, -0.25) is 0 Å². The van der Waals surface area contributed by atoms with Crippen molar-refractivity contribution in [2.24, 2.45) is 0 Å². The summed E-state index contributed by atoms with van der Waals surface area (Å²) in [5.74, 6) is 2.62. The van der Waals surface area contributed by atoms with Crippen molar-refractivity contribution in [2.75, 3.05) is 57.8 Å². The first-order chi connectivity index (χ1) is 22.6. The van der Waals surface area contributed by atoms with Crippen molar-refractivity contribution in [1.29, 1.82) is 0 Å². The average Bonchev–Trinajstić information content (AvgIpc) is 3.09. The largest absolute Gasteiger partial charge is 0.497 e. The summed E-state index contributed by atoms with van der Waals surface area (Å²) in [6.45, 7) is 4.33. The van der Waals surface area contributed by atoms with Crippen molar-refractivity contribution >= 4 is 29.2 Å². The zero-order valence-electron chi connectivity index (χ0n) is 26.6. The first kappa shape index (κ1) is 32.5. The molecule has 5 rings (SSSR count). The fourth-order valence-electron chi connectivity index (χ4n) is 5.29. The van der Waals surface area contributed by atoms with Gasteiger partial charge in [0.2, 0.25) is 5.95 Å². The molecule has 0 radical (unpaired) electrons. The second-order valence-corrected chi connectivity index (χ2v) is 10.8. The highest BCUT2D eigenvalue weighted by Crippen LogP contribution is 2.37. The van der Waals surface area contributed by atoms with Gasteiger partial charge in [-0.15, -0.1) is 0 Å². The van der Waals surface area contributed by atoms with E-state index in [1.165, 1.54) is 44.4 Å².